The molecule has 2 aromatic rings. The van der Waals surface area contributed by atoms with Crippen LogP contribution in [0.3, 0.4) is 0 Å². The highest BCUT2D eigenvalue weighted by atomic mass is 32.2. The number of thioether (sulfide) groups is 2. The number of anilines is 2. The van der Waals surface area contributed by atoms with E-state index in [-0.39, 0.29) is 11.5 Å². The molecule has 2 aliphatic rings. The maximum absolute atomic E-state index is 13.1. The predicted octanol–water partition coefficient (Wildman–Crippen LogP) is 3.37. The van der Waals surface area contributed by atoms with Gasteiger partial charge < -0.3 is 4.98 Å². The number of fused-ring (bicyclic) bond motifs is 1. The van der Waals surface area contributed by atoms with Crippen LogP contribution >= 0.6 is 35.7 Å². The summed E-state index contributed by atoms with van der Waals surface area (Å²) in [5.41, 5.74) is 1.56. The van der Waals surface area contributed by atoms with E-state index in [0.29, 0.717) is 25.0 Å². The lowest BCUT2D eigenvalue weighted by molar-refractivity contribution is -0.113. The lowest BCUT2D eigenvalue weighted by atomic mass is 10.2. The van der Waals surface area contributed by atoms with Crippen molar-refractivity contribution in [2.75, 3.05) is 9.80 Å². The highest BCUT2D eigenvalue weighted by Crippen LogP contribution is 2.48. The number of nitrogens with zero attached hydrogens (tertiary/aromatic N) is 3. The zero-order valence-electron chi connectivity index (χ0n) is 13.6. The van der Waals surface area contributed by atoms with Crippen LogP contribution in [0, 0.1) is 6.92 Å². The molecular weight excluding hydrogens is 388 g/mol. The first kappa shape index (κ1) is 17.1. The van der Waals surface area contributed by atoms with Gasteiger partial charge in [0.1, 0.15) is 14.8 Å². The van der Waals surface area contributed by atoms with E-state index in [9.17, 15) is 9.59 Å². The third-order valence-electron chi connectivity index (χ3n) is 3.88. The summed E-state index contributed by atoms with van der Waals surface area (Å²) in [7, 11) is 0. The second-order valence-corrected chi connectivity index (χ2v) is 8.16. The van der Waals surface area contributed by atoms with Crippen molar-refractivity contribution in [3.8, 4) is 0 Å². The Kier molecular flexibility index (Phi) is 4.22. The molecule has 1 fully saturated rings. The molecule has 1 amide bonds. The fraction of sp³-hybridized carbons (Fsp3) is 0.0588. The van der Waals surface area contributed by atoms with Gasteiger partial charge in [-0.05, 0) is 19.1 Å². The molecule has 1 N–H and O–H groups in total. The summed E-state index contributed by atoms with van der Waals surface area (Å²) in [4.78, 5) is 35.9. The van der Waals surface area contributed by atoms with Crippen LogP contribution in [-0.2, 0) is 4.79 Å². The molecule has 9 heteroatoms. The first-order chi connectivity index (χ1) is 12.5. The van der Waals surface area contributed by atoms with Crippen molar-refractivity contribution in [1.29, 1.82) is 0 Å². The molecule has 0 saturated carbocycles. The summed E-state index contributed by atoms with van der Waals surface area (Å²) < 4.78 is 0.448. The number of hydrogen-bond donors (Lipinski definition) is 1. The van der Waals surface area contributed by atoms with E-state index < -0.39 is 0 Å². The molecule has 0 spiro atoms. The Hall–Kier alpha value is -2.36. The van der Waals surface area contributed by atoms with E-state index in [1.165, 1.54) is 34.8 Å². The topological polar surface area (TPSA) is 69.3 Å². The molecule has 0 bridgehead atoms. The smallest absolute Gasteiger partial charge is 0.273 e. The van der Waals surface area contributed by atoms with E-state index in [1.807, 2.05) is 31.2 Å². The minimum Gasteiger partial charge on any atom is -0.312 e. The Morgan fingerprint density at radius 2 is 1.96 bits per heavy atom. The van der Waals surface area contributed by atoms with Gasteiger partial charge in [-0.25, -0.2) is 4.98 Å². The minimum absolute atomic E-state index is 0.220. The number of aromatic amines is 1. The SMILES string of the molecule is C=CN1/C(=C2\SC(=S)N(c3ccc(C)cc3)C2=O)Sc2c1nc[nH]c2=O. The number of carbonyl (C=O) groups is 1. The summed E-state index contributed by atoms with van der Waals surface area (Å²) >= 11 is 7.84. The summed E-state index contributed by atoms with van der Waals surface area (Å²) in [5, 5.41) is 0.589. The number of aromatic nitrogens is 2. The maximum atomic E-state index is 13.1. The van der Waals surface area contributed by atoms with Crippen LogP contribution in [-0.4, -0.2) is 20.2 Å². The summed E-state index contributed by atoms with van der Waals surface area (Å²) in [5.74, 6) is 0.242. The van der Waals surface area contributed by atoms with Gasteiger partial charge in [0.15, 0.2) is 10.1 Å². The molecule has 1 aromatic heterocycles. The van der Waals surface area contributed by atoms with Gasteiger partial charge in [0.2, 0.25) is 0 Å². The van der Waals surface area contributed by atoms with Gasteiger partial charge in [-0.15, -0.1) is 0 Å². The molecule has 0 unspecified atom stereocenters. The van der Waals surface area contributed by atoms with Crippen molar-refractivity contribution in [2.45, 2.75) is 11.8 Å². The molecule has 0 atom stereocenters. The first-order valence-corrected chi connectivity index (χ1v) is 9.60. The quantitative estimate of drug-likeness (QED) is 0.612. The van der Waals surface area contributed by atoms with Crippen LogP contribution in [0.5, 0.6) is 0 Å². The van der Waals surface area contributed by atoms with E-state index >= 15 is 0 Å². The molecule has 2 aliphatic heterocycles. The average Bonchev–Trinajstić information content (AvgIpc) is 3.14. The van der Waals surface area contributed by atoms with Crippen molar-refractivity contribution < 1.29 is 4.79 Å². The van der Waals surface area contributed by atoms with E-state index in [0.717, 1.165) is 11.3 Å². The number of amides is 1. The zero-order valence-corrected chi connectivity index (χ0v) is 16.0. The molecule has 130 valence electrons. The average molecular weight is 401 g/mol. The van der Waals surface area contributed by atoms with Gasteiger partial charge in [0.25, 0.3) is 11.5 Å². The standard InChI is InChI=1S/C17H12N4O2S3/c1-3-20-13-11(14(22)19-8-18-13)25-16(20)12-15(23)21(17(24)26-12)10-6-4-9(2)5-7-10/h3-8H,1H2,2H3,(H,18,19,22)/b16-12+. The Balaban J connectivity index is 1.79. The number of hydrogen-bond acceptors (Lipinski definition) is 7. The van der Waals surface area contributed by atoms with Gasteiger partial charge in [0, 0.05) is 6.20 Å². The van der Waals surface area contributed by atoms with Gasteiger partial charge in [-0.3, -0.25) is 19.4 Å². The number of carbonyl (C=O) groups excluding carboxylic acids is 1. The Morgan fingerprint density at radius 1 is 1.23 bits per heavy atom. The zero-order chi connectivity index (χ0) is 18.4. The number of rotatable bonds is 2. The highest BCUT2D eigenvalue weighted by Gasteiger charge is 2.40. The van der Waals surface area contributed by atoms with Crippen LogP contribution in [0.1, 0.15) is 5.56 Å². The molecule has 1 saturated heterocycles. The number of nitrogens with one attached hydrogen (secondary N) is 1. The molecule has 1 aromatic carbocycles. The fourth-order valence-electron chi connectivity index (χ4n) is 2.62. The van der Waals surface area contributed by atoms with Crippen molar-refractivity contribution in [3.05, 3.63) is 69.2 Å². The number of benzene rings is 1. The van der Waals surface area contributed by atoms with Gasteiger partial charge >= 0.3 is 0 Å². The monoisotopic (exact) mass is 400 g/mol. The Labute approximate surface area is 163 Å². The fourth-order valence-corrected chi connectivity index (χ4v) is 5.15. The summed E-state index contributed by atoms with van der Waals surface area (Å²) in [6, 6.07) is 7.59. The molecule has 3 heterocycles. The van der Waals surface area contributed by atoms with Crippen LogP contribution in [0.25, 0.3) is 0 Å². The van der Waals surface area contributed by atoms with E-state index in [1.54, 1.807) is 11.1 Å². The molecule has 6 nitrogen and oxygen atoms in total. The second-order valence-electron chi connectivity index (χ2n) is 5.52. The van der Waals surface area contributed by atoms with Crippen LogP contribution in [0.4, 0.5) is 11.5 Å². The molecule has 4 rings (SSSR count). The normalized spacial score (nSPS) is 19.3. The number of thiocarbonyl (C=S) groups is 1. The van der Waals surface area contributed by atoms with Gasteiger partial charge in [-0.1, -0.05) is 60.0 Å². The largest absolute Gasteiger partial charge is 0.312 e. The maximum Gasteiger partial charge on any atom is 0.273 e. The Bertz CT molecular complexity index is 1040. The third-order valence-corrected chi connectivity index (χ3v) is 6.53. The summed E-state index contributed by atoms with van der Waals surface area (Å²) in [6.07, 6.45) is 2.87. The second kappa shape index (κ2) is 6.42. The molecule has 0 aliphatic carbocycles. The number of aryl methyl sites for hydroxylation is 1. The van der Waals surface area contributed by atoms with E-state index in [4.69, 9.17) is 12.2 Å². The number of H-pyrrole nitrogens is 1. The highest BCUT2D eigenvalue weighted by molar-refractivity contribution is 8.27. The van der Waals surface area contributed by atoms with Crippen LogP contribution in [0.2, 0.25) is 0 Å². The predicted molar refractivity (Wildman–Crippen MR) is 109 cm³/mol. The Morgan fingerprint density at radius 3 is 2.65 bits per heavy atom. The molecular formula is C17H12N4O2S3. The van der Waals surface area contributed by atoms with Crippen LogP contribution in [0.15, 0.2) is 63.0 Å². The first-order valence-electron chi connectivity index (χ1n) is 7.56. The lowest BCUT2D eigenvalue weighted by Gasteiger charge is -2.16. The van der Waals surface area contributed by atoms with Crippen molar-refractivity contribution in [2.24, 2.45) is 0 Å². The van der Waals surface area contributed by atoms with Crippen molar-refractivity contribution in [3.63, 3.8) is 0 Å². The molecule has 0 radical (unpaired) electrons. The third kappa shape index (κ3) is 2.59. The van der Waals surface area contributed by atoms with Crippen LogP contribution < -0.4 is 15.4 Å². The molecule has 26 heavy (non-hydrogen) atoms. The summed E-state index contributed by atoms with van der Waals surface area (Å²) in [6.45, 7) is 5.76. The van der Waals surface area contributed by atoms with Crippen molar-refractivity contribution >= 4 is 57.5 Å². The van der Waals surface area contributed by atoms with E-state index in [2.05, 4.69) is 16.5 Å². The minimum atomic E-state index is -0.254. The van der Waals surface area contributed by atoms with Gasteiger partial charge in [-0.2, -0.15) is 0 Å². The lowest BCUT2D eigenvalue weighted by Crippen LogP contribution is -2.28. The van der Waals surface area contributed by atoms with Gasteiger partial charge in [0.05, 0.1) is 12.0 Å². The van der Waals surface area contributed by atoms with Crippen molar-refractivity contribution in [1.82, 2.24) is 9.97 Å².